The number of hydrogen-bond donors (Lipinski definition) is 3. The van der Waals surface area contributed by atoms with E-state index >= 15 is 0 Å². The number of nitrogens with zero attached hydrogens (tertiary/aromatic N) is 1. The van der Waals surface area contributed by atoms with Crippen molar-refractivity contribution in [2.75, 3.05) is 11.5 Å². The molecule has 0 aliphatic carbocycles. The van der Waals surface area contributed by atoms with Crippen molar-refractivity contribution in [3.63, 3.8) is 0 Å². The molecular weight excluding hydrogens is 454 g/mol. The number of aliphatic hydroxyl groups excluding tert-OH is 1. The third kappa shape index (κ3) is 3.28. The third-order valence-electron chi connectivity index (χ3n) is 6.63. The summed E-state index contributed by atoms with van der Waals surface area (Å²) >= 11 is 0. The maximum atomic E-state index is 13.5. The van der Waals surface area contributed by atoms with Gasteiger partial charge in [-0.15, -0.1) is 0 Å². The summed E-state index contributed by atoms with van der Waals surface area (Å²) in [7, 11) is 0. The number of nitrogens with one attached hydrogen (secondary N) is 2. The molecule has 2 aromatic heterocycles. The highest BCUT2D eigenvalue weighted by Gasteiger charge is 2.48. The van der Waals surface area contributed by atoms with E-state index in [1.54, 1.807) is 36.7 Å². The second-order valence-corrected chi connectivity index (χ2v) is 8.63. The van der Waals surface area contributed by atoms with Gasteiger partial charge in [0, 0.05) is 51.0 Å². The lowest BCUT2D eigenvalue weighted by Crippen LogP contribution is -2.29. The summed E-state index contributed by atoms with van der Waals surface area (Å²) in [5.74, 6) is -0.979. The highest BCUT2D eigenvalue weighted by molar-refractivity contribution is 6.52. The van der Waals surface area contributed by atoms with Crippen molar-refractivity contribution < 1.29 is 19.4 Å². The van der Waals surface area contributed by atoms with E-state index in [1.807, 2.05) is 55.5 Å². The van der Waals surface area contributed by atoms with Gasteiger partial charge in [-0.05, 0) is 43.3 Å². The Labute approximate surface area is 206 Å². The molecule has 0 spiro atoms. The van der Waals surface area contributed by atoms with Crippen molar-refractivity contribution in [3.8, 4) is 5.75 Å². The summed E-state index contributed by atoms with van der Waals surface area (Å²) < 4.78 is 5.55. The number of ether oxygens (including phenoxy) is 1. The van der Waals surface area contributed by atoms with Crippen molar-refractivity contribution in [1.29, 1.82) is 0 Å². The van der Waals surface area contributed by atoms with Gasteiger partial charge in [-0.2, -0.15) is 0 Å². The normalized spacial score (nSPS) is 17.4. The molecule has 5 aromatic rings. The number of rotatable bonds is 5. The molecule has 1 unspecified atom stereocenters. The van der Waals surface area contributed by atoms with E-state index in [0.29, 0.717) is 23.6 Å². The van der Waals surface area contributed by atoms with Crippen LogP contribution in [0.5, 0.6) is 5.75 Å². The van der Waals surface area contributed by atoms with Gasteiger partial charge < -0.3 is 19.8 Å². The molecule has 0 saturated carbocycles. The first-order chi connectivity index (χ1) is 17.6. The van der Waals surface area contributed by atoms with Crippen LogP contribution in [0.15, 0.2) is 90.8 Å². The van der Waals surface area contributed by atoms with E-state index in [4.69, 9.17) is 4.74 Å². The quantitative estimate of drug-likeness (QED) is 0.172. The molecule has 1 amide bonds. The van der Waals surface area contributed by atoms with Crippen molar-refractivity contribution >= 4 is 44.9 Å². The highest BCUT2D eigenvalue weighted by atomic mass is 16.5. The van der Waals surface area contributed by atoms with E-state index in [9.17, 15) is 14.7 Å². The number of fused-ring (bicyclic) bond motifs is 2. The van der Waals surface area contributed by atoms with Crippen LogP contribution < -0.4 is 9.64 Å². The zero-order valence-corrected chi connectivity index (χ0v) is 19.5. The summed E-state index contributed by atoms with van der Waals surface area (Å²) in [5, 5.41) is 13.2. The van der Waals surface area contributed by atoms with Gasteiger partial charge in [-0.3, -0.25) is 14.5 Å². The van der Waals surface area contributed by atoms with E-state index in [2.05, 4.69) is 9.97 Å². The van der Waals surface area contributed by atoms with Crippen LogP contribution in [-0.4, -0.2) is 33.4 Å². The van der Waals surface area contributed by atoms with Gasteiger partial charge in [0.2, 0.25) is 0 Å². The Morgan fingerprint density at radius 3 is 2.25 bits per heavy atom. The number of amides is 1. The number of H-pyrrole nitrogens is 2. The number of carbonyl (C=O) groups excluding carboxylic acids is 2. The SMILES string of the molecule is CCOc1ccc(N2C(=O)C(=O)/C(=C(/O)c3c[nH]c4ccccc34)C2c2c[nH]c3ccccc23)cc1. The predicted octanol–water partition coefficient (Wildman–Crippen LogP) is 5.67. The lowest BCUT2D eigenvalue weighted by molar-refractivity contribution is -0.132. The number of aromatic nitrogens is 2. The fraction of sp³-hybridized carbons (Fsp3) is 0.103. The molecule has 1 aliphatic heterocycles. The van der Waals surface area contributed by atoms with Crippen LogP contribution in [0.25, 0.3) is 27.6 Å². The van der Waals surface area contributed by atoms with E-state index in [-0.39, 0.29) is 11.3 Å². The molecule has 1 aliphatic rings. The molecular formula is C29H23N3O4. The zero-order chi connectivity index (χ0) is 24.8. The van der Waals surface area contributed by atoms with Crippen LogP contribution in [0.1, 0.15) is 24.1 Å². The number of hydrogen-bond acceptors (Lipinski definition) is 4. The standard InChI is InChI=1S/C29H23N3O4/c1-2-36-18-13-11-17(12-14-18)32-26(21-15-30-23-9-5-3-7-19(21)23)25(28(34)29(32)35)27(33)22-16-31-24-10-6-4-8-20(22)24/h3-16,26,30-31,33H,2H2,1H3/b27-25+. The van der Waals surface area contributed by atoms with Crippen LogP contribution >= 0.6 is 0 Å². The number of para-hydroxylation sites is 2. The van der Waals surface area contributed by atoms with Crippen LogP contribution in [0.3, 0.4) is 0 Å². The fourth-order valence-corrected chi connectivity index (χ4v) is 5.00. The summed E-state index contributed by atoms with van der Waals surface area (Å²) in [6.07, 6.45) is 3.46. The molecule has 36 heavy (non-hydrogen) atoms. The van der Waals surface area contributed by atoms with Crippen molar-refractivity contribution in [2.45, 2.75) is 13.0 Å². The van der Waals surface area contributed by atoms with Gasteiger partial charge >= 0.3 is 0 Å². The average molecular weight is 478 g/mol. The molecule has 6 rings (SSSR count). The Hall–Kier alpha value is -4.78. The van der Waals surface area contributed by atoms with E-state index in [1.165, 1.54) is 4.90 Å². The lowest BCUT2D eigenvalue weighted by atomic mass is 9.94. The fourth-order valence-electron chi connectivity index (χ4n) is 5.00. The molecule has 3 N–H and O–H groups in total. The second-order valence-electron chi connectivity index (χ2n) is 8.63. The maximum absolute atomic E-state index is 13.5. The lowest BCUT2D eigenvalue weighted by Gasteiger charge is -2.25. The molecule has 3 aromatic carbocycles. The summed E-state index contributed by atoms with van der Waals surface area (Å²) in [6, 6.07) is 21.4. The molecule has 0 radical (unpaired) electrons. The van der Waals surface area contributed by atoms with Gasteiger partial charge in [-0.25, -0.2) is 0 Å². The van der Waals surface area contributed by atoms with Crippen LogP contribution in [0, 0.1) is 0 Å². The maximum Gasteiger partial charge on any atom is 0.300 e. The zero-order valence-electron chi connectivity index (χ0n) is 19.5. The summed E-state index contributed by atoms with van der Waals surface area (Å²) in [4.78, 5) is 34.8. The summed E-state index contributed by atoms with van der Waals surface area (Å²) in [6.45, 7) is 2.41. The monoisotopic (exact) mass is 477 g/mol. The first-order valence-electron chi connectivity index (χ1n) is 11.7. The largest absolute Gasteiger partial charge is 0.507 e. The topological polar surface area (TPSA) is 98.4 Å². The third-order valence-corrected chi connectivity index (χ3v) is 6.63. The van der Waals surface area contributed by atoms with Crippen LogP contribution in [-0.2, 0) is 9.59 Å². The van der Waals surface area contributed by atoms with E-state index in [0.717, 1.165) is 27.4 Å². The molecule has 1 atom stereocenters. The molecule has 0 bridgehead atoms. The number of benzene rings is 3. The second kappa shape index (κ2) is 8.46. The molecule has 7 heteroatoms. The molecule has 178 valence electrons. The minimum absolute atomic E-state index is 0.0448. The minimum atomic E-state index is -0.826. The first-order valence-corrected chi connectivity index (χ1v) is 11.7. The van der Waals surface area contributed by atoms with Gasteiger partial charge in [0.25, 0.3) is 11.7 Å². The number of carbonyl (C=O) groups is 2. The molecule has 1 saturated heterocycles. The van der Waals surface area contributed by atoms with Crippen molar-refractivity contribution in [2.24, 2.45) is 0 Å². The van der Waals surface area contributed by atoms with Gasteiger partial charge in [0.05, 0.1) is 18.2 Å². The van der Waals surface area contributed by atoms with Crippen LogP contribution in [0.2, 0.25) is 0 Å². The Bertz CT molecular complexity index is 1660. The number of anilines is 1. The smallest absolute Gasteiger partial charge is 0.300 e. The number of ketones is 1. The Morgan fingerprint density at radius 2 is 1.53 bits per heavy atom. The van der Waals surface area contributed by atoms with Gasteiger partial charge in [0.15, 0.2) is 0 Å². The average Bonchev–Trinajstić information content (AvgIpc) is 3.59. The molecule has 7 nitrogen and oxygen atoms in total. The Balaban J connectivity index is 1.59. The summed E-state index contributed by atoms with van der Waals surface area (Å²) in [5.41, 5.74) is 3.47. The molecule has 1 fully saturated rings. The first kappa shape index (κ1) is 21.7. The predicted molar refractivity (Wildman–Crippen MR) is 139 cm³/mol. The Kier molecular flexibility index (Phi) is 5.11. The highest BCUT2D eigenvalue weighted by Crippen LogP contribution is 2.45. The minimum Gasteiger partial charge on any atom is -0.507 e. The van der Waals surface area contributed by atoms with Crippen molar-refractivity contribution in [1.82, 2.24) is 9.97 Å². The van der Waals surface area contributed by atoms with E-state index < -0.39 is 17.7 Å². The van der Waals surface area contributed by atoms with Gasteiger partial charge in [-0.1, -0.05) is 36.4 Å². The Morgan fingerprint density at radius 1 is 0.889 bits per heavy atom. The molecule has 3 heterocycles. The number of aliphatic hydroxyl groups is 1. The van der Waals surface area contributed by atoms with Crippen LogP contribution in [0.4, 0.5) is 5.69 Å². The van der Waals surface area contributed by atoms with Crippen molar-refractivity contribution in [3.05, 3.63) is 102 Å². The number of aromatic amines is 2. The number of Topliss-reactive ketones (excluding diaryl/α,β-unsaturated/α-hetero) is 1. The van der Waals surface area contributed by atoms with Gasteiger partial charge in [0.1, 0.15) is 11.5 Å².